The second-order valence-corrected chi connectivity index (χ2v) is 5.83. The SMILES string of the molecule is COc1ccc(NC(=O)CCc2nc3ccccc3[nH]c2=O)cc1Cl. The number of benzene rings is 2. The maximum Gasteiger partial charge on any atom is 0.270 e. The number of amides is 1. The molecule has 3 rings (SSSR count). The fourth-order valence-electron chi connectivity index (χ4n) is 2.44. The summed E-state index contributed by atoms with van der Waals surface area (Å²) in [4.78, 5) is 31.2. The molecular weight excluding hydrogens is 342 g/mol. The van der Waals surface area contributed by atoms with Gasteiger partial charge in [0.15, 0.2) is 0 Å². The van der Waals surface area contributed by atoms with Crippen molar-refractivity contribution in [3.05, 3.63) is 63.5 Å². The van der Waals surface area contributed by atoms with Crippen LogP contribution in [0.1, 0.15) is 12.1 Å². The van der Waals surface area contributed by atoms with Crippen LogP contribution in [-0.4, -0.2) is 23.0 Å². The van der Waals surface area contributed by atoms with Gasteiger partial charge in [-0.1, -0.05) is 23.7 Å². The molecule has 0 aliphatic heterocycles. The van der Waals surface area contributed by atoms with Crippen molar-refractivity contribution in [1.82, 2.24) is 9.97 Å². The number of methoxy groups -OCH3 is 1. The van der Waals surface area contributed by atoms with Gasteiger partial charge in [-0.2, -0.15) is 0 Å². The Labute approximate surface area is 148 Å². The molecule has 128 valence electrons. The Balaban J connectivity index is 1.67. The van der Waals surface area contributed by atoms with E-state index in [-0.39, 0.29) is 24.3 Å². The van der Waals surface area contributed by atoms with Crippen molar-refractivity contribution >= 4 is 34.2 Å². The first kappa shape index (κ1) is 17.0. The number of anilines is 1. The highest BCUT2D eigenvalue weighted by Crippen LogP contribution is 2.27. The van der Waals surface area contributed by atoms with Crippen LogP contribution in [0.2, 0.25) is 5.02 Å². The number of carbonyl (C=O) groups excluding carboxylic acids is 1. The molecule has 0 spiro atoms. The first-order valence-electron chi connectivity index (χ1n) is 7.68. The molecule has 0 saturated heterocycles. The van der Waals surface area contributed by atoms with Crippen LogP contribution in [0.3, 0.4) is 0 Å². The Morgan fingerprint density at radius 3 is 2.84 bits per heavy atom. The van der Waals surface area contributed by atoms with E-state index in [1.807, 2.05) is 18.2 Å². The molecule has 1 heterocycles. The smallest absolute Gasteiger partial charge is 0.270 e. The quantitative estimate of drug-likeness (QED) is 0.734. The molecule has 2 aromatic carbocycles. The van der Waals surface area contributed by atoms with Gasteiger partial charge in [-0.25, -0.2) is 4.98 Å². The molecule has 0 fully saturated rings. The van der Waals surface area contributed by atoms with Gasteiger partial charge in [0.05, 0.1) is 23.2 Å². The van der Waals surface area contributed by atoms with Gasteiger partial charge >= 0.3 is 0 Å². The van der Waals surface area contributed by atoms with E-state index in [0.717, 1.165) is 0 Å². The van der Waals surface area contributed by atoms with Gasteiger partial charge < -0.3 is 15.0 Å². The summed E-state index contributed by atoms with van der Waals surface area (Å²) >= 11 is 6.03. The molecule has 7 heteroatoms. The zero-order valence-corrected chi connectivity index (χ0v) is 14.3. The molecule has 0 aliphatic carbocycles. The van der Waals surface area contributed by atoms with Gasteiger partial charge in [-0.05, 0) is 30.3 Å². The van der Waals surface area contributed by atoms with E-state index in [1.54, 1.807) is 24.3 Å². The lowest BCUT2D eigenvalue weighted by atomic mass is 10.2. The minimum Gasteiger partial charge on any atom is -0.495 e. The number of nitrogens with zero attached hydrogens (tertiary/aromatic N) is 1. The summed E-state index contributed by atoms with van der Waals surface area (Å²) in [7, 11) is 1.52. The van der Waals surface area contributed by atoms with Crippen LogP contribution in [0.15, 0.2) is 47.3 Å². The number of hydrogen-bond donors (Lipinski definition) is 2. The summed E-state index contributed by atoms with van der Waals surface area (Å²) in [5, 5.41) is 3.15. The molecule has 25 heavy (non-hydrogen) atoms. The van der Waals surface area contributed by atoms with Gasteiger partial charge in [0.1, 0.15) is 11.4 Å². The highest BCUT2D eigenvalue weighted by atomic mass is 35.5. The Bertz CT molecular complexity index is 985. The fourth-order valence-corrected chi connectivity index (χ4v) is 2.69. The van der Waals surface area contributed by atoms with E-state index < -0.39 is 0 Å². The number of H-pyrrole nitrogens is 1. The summed E-state index contributed by atoms with van der Waals surface area (Å²) in [5.74, 6) is 0.308. The van der Waals surface area contributed by atoms with Crippen molar-refractivity contribution in [1.29, 1.82) is 0 Å². The number of ether oxygens (including phenoxy) is 1. The van der Waals surface area contributed by atoms with E-state index in [1.165, 1.54) is 7.11 Å². The average molecular weight is 358 g/mol. The molecule has 1 aromatic heterocycles. The third-order valence-electron chi connectivity index (χ3n) is 3.69. The normalized spacial score (nSPS) is 10.6. The Morgan fingerprint density at radius 2 is 2.08 bits per heavy atom. The van der Waals surface area contributed by atoms with E-state index in [4.69, 9.17) is 16.3 Å². The summed E-state index contributed by atoms with van der Waals surface area (Å²) in [6, 6.07) is 12.3. The summed E-state index contributed by atoms with van der Waals surface area (Å²) in [6.07, 6.45) is 0.383. The van der Waals surface area contributed by atoms with Crippen LogP contribution >= 0.6 is 11.6 Å². The third kappa shape index (κ3) is 3.97. The number of rotatable bonds is 5. The predicted molar refractivity (Wildman–Crippen MR) is 97.3 cm³/mol. The van der Waals surface area contributed by atoms with Crippen molar-refractivity contribution in [2.75, 3.05) is 12.4 Å². The number of carbonyl (C=O) groups is 1. The molecule has 2 N–H and O–H groups in total. The van der Waals surface area contributed by atoms with E-state index >= 15 is 0 Å². The zero-order valence-electron chi connectivity index (χ0n) is 13.5. The van der Waals surface area contributed by atoms with Crippen LogP contribution in [-0.2, 0) is 11.2 Å². The lowest BCUT2D eigenvalue weighted by Gasteiger charge is -2.08. The maximum atomic E-state index is 12.1. The number of halogens is 1. The van der Waals surface area contributed by atoms with E-state index in [0.29, 0.717) is 33.2 Å². The summed E-state index contributed by atoms with van der Waals surface area (Å²) in [6.45, 7) is 0. The molecular formula is C18H16ClN3O3. The van der Waals surface area contributed by atoms with Crippen molar-refractivity contribution in [3.63, 3.8) is 0 Å². The maximum absolute atomic E-state index is 12.1. The first-order valence-corrected chi connectivity index (χ1v) is 8.06. The lowest BCUT2D eigenvalue weighted by molar-refractivity contribution is -0.116. The second kappa shape index (κ2) is 7.36. The predicted octanol–water partition coefficient (Wildman–Crippen LogP) is 3.16. The van der Waals surface area contributed by atoms with Gasteiger partial charge in [0.25, 0.3) is 5.56 Å². The molecule has 6 nitrogen and oxygen atoms in total. The average Bonchev–Trinajstić information content (AvgIpc) is 2.60. The number of hydrogen-bond acceptors (Lipinski definition) is 4. The largest absolute Gasteiger partial charge is 0.495 e. The summed E-state index contributed by atoms with van der Waals surface area (Å²) < 4.78 is 5.07. The molecule has 0 radical (unpaired) electrons. The monoisotopic (exact) mass is 357 g/mol. The molecule has 0 atom stereocenters. The van der Waals surface area contributed by atoms with Crippen LogP contribution in [0.5, 0.6) is 5.75 Å². The molecule has 0 unspecified atom stereocenters. The standard InChI is InChI=1S/C18H16ClN3O3/c1-25-16-8-6-11(10-12(16)19)20-17(23)9-7-15-18(24)22-14-5-3-2-4-13(14)21-15/h2-6,8,10H,7,9H2,1H3,(H,20,23)(H,22,24). The number of aromatic amines is 1. The minimum absolute atomic E-state index is 0.137. The second-order valence-electron chi connectivity index (χ2n) is 5.43. The number of fused-ring (bicyclic) bond motifs is 1. The highest BCUT2D eigenvalue weighted by molar-refractivity contribution is 6.32. The molecule has 3 aromatic rings. The van der Waals surface area contributed by atoms with Gasteiger partial charge in [-0.15, -0.1) is 0 Å². The molecule has 0 aliphatic rings. The third-order valence-corrected chi connectivity index (χ3v) is 3.99. The van der Waals surface area contributed by atoms with Crippen molar-refractivity contribution in [2.24, 2.45) is 0 Å². The van der Waals surface area contributed by atoms with Gasteiger partial charge in [0, 0.05) is 18.5 Å². The first-order chi connectivity index (χ1) is 12.1. The summed E-state index contributed by atoms with van der Waals surface area (Å²) in [5.41, 5.74) is 1.99. The van der Waals surface area contributed by atoms with Crippen LogP contribution in [0.4, 0.5) is 5.69 Å². The minimum atomic E-state index is -0.279. The van der Waals surface area contributed by atoms with Gasteiger partial charge in [0.2, 0.25) is 5.91 Å². The lowest BCUT2D eigenvalue weighted by Crippen LogP contribution is -2.19. The van der Waals surface area contributed by atoms with E-state index in [9.17, 15) is 9.59 Å². The van der Waals surface area contributed by atoms with Crippen LogP contribution < -0.4 is 15.6 Å². The molecule has 1 amide bonds. The Morgan fingerprint density at radius 1 is 1.28 bits per heavy atom. The van der Waals surface area contributed by atoms with Gasteiger partial charge in [-0.3, -0.25) is 9.59 Å². The van der Waals surface area contributed by atoms with Crippen LogP contribution in [0, 0.1) is 0 Å². The Kier molecular flexibility index (Phi) is 5.00. The van der Waals surface area contributed by atoms with E-state index in [2.05, 4.69) is 15.3 Å². The highest BCUT2D eigenvalue weighted by Gasteiger charge is 2.09. The van der Waals surface area contributed by atoms with Crippen molar-refractivity contribution < 1.29 is 9.53 Å². The number of para-hydroxylation sites is 2. The number of aromatic nitrogens is 2. The van der Waals surface area contributed by atoms with Crippen molar-refractivity contribution in [3.8, 4) is 5.75 Å². The number of nitrogens with one attached hydrogen (secondary N) is 2. The molecule has 0 saturated carbocycles. The van der Waals surface area contributed by atoms with Crippen molar-refractivity contribution in [2.45, 2.75) is 12.8 Å². The fraction of sp³-hybridized carbons (Fsp3) is 0.167. The van der Waals surface area contributed by atoms with Crippen LogP contribution in [0.25, 0.3) is 11.0 Å². The molecule has 0 bridgehead atoms. The topological polar surface area (TPSA) is 84.1 Å². The number of aryl methyl sites for hydroxylation is 1. The zero-order chi connectivity index (χ0) is 17.8. The Hall–Kier alpha value is -2.86.